The van der Waals surface area contributed by atoms with E-state index in [1.165, 1.54) is 18.2 Å². The second-order valence-electron chi connectivity index (χ2n) is 8.34. The first-order chi connectivity index (χ1) is 15.9. The molecule has 3 N–H and O–H groups in total. The zero-order chi connectivity index (χ0) is 24.7. The third-order valence-corrected chi connectivity index (χ3v) is 6.94. The zero-order valence-electron chi connectivity index (χ0n) is 18.1. The molecule has 1 aliphatic heterocycles. The van der Waals surface area contributed by atoms with Gasteiger partial charge in [0.05, 0.1) is 22.8 Å². The highest BCUT2D eigenvalue weighted by molar-refractivity contribution is 7.90. The van der Waals surface area contributed by atoms with Crippen LogP contribution >= 0.6 is 0 Å². The van der Waals surface area contributed by atoms with E-state index >= 15 is 0 Å². The number of hydrogen-bond acceptors (Lipinski definition) is 7. The van der Waals surface area contributed by atoms with Crippen molar-refractivity contribution in [3.8, 4) is 17.2 Å². The molecule has 2 aromatic rings. The van der Waals surface area contributed by atoms with Crippen molar-refractivity contribution in [3.63, 3.8) is 0 Å². The Morgan fingerprint density at radius 1 is 1.21 bits per heavy atom. The molecular formula is C22H23F3N2O6S. The number of hydrogen-bond donors (Lipinski definition) is 3. The maximum absolute atomic E-state index is 12.8. The Balaban J connectivity index is 1.53. The van der Waals surface area contributed by atoms with Gasteiger partial charge in [-0.25, -0.2) is 8.42 Å². The maximum Gasteiger partial charge on any atom is 0.573 e. The maximum atomic E-state index is 12.8. The predicted molar refractivity (Wildman–Crippen MR) is 117 cm³/mol. The highest BCUT2D eigenvalue weighted by Crippen LogP contribution is 2.42. The van der Waals surface area contributed by atoms with Crippen molar-refractivity contribution < 1.29 is 41.0 Å². The molecule has 0 spiro atoms. The third-order valence-electron chi connectivity index (χ3n) is 5.81. The standard InChI is InChI=1S/C22H23F3N2O6S/c1-34(30,31)20-9-14(12-4-2-3-5-12)17(28)10-16(20)27-21(29)19-11-26-15-8-13(33-22(23,24)25)6-7-18(15)32-19/h6-10,12,19,26,28H,2-5,11H2,1H3,(H,27,29). The van der Waals surface area contributed by atoms with Gasteiger partial charge in [0.2, 0.25) is 0 Å². The number of ether oxygens (including phenoxy) is 2. The van der Waals surface area contributed by atoms with E-state index in [1.807, 2.05) is 0 Å². The highest BCUT2D eigenvalue weighted by atomic mass is 32.2. The fourth-order valence-electron chi connectivity index (χ4n) is 4.26. The third kappa shape index (κ3) is 5.32. The van der Waals surface area contributed by atoms with Crippen LogP contribution in [-0.4, -0.2) is 44.7 Å². The van der Waals surface area contributed by atoms with E-state index in [0.29, 0.717) is 5.56 Å². The number of anilines is 2. The summed E-state index contributed by atoms with van der Waals surface area (Å²) in [6.07, 6.45) is -1.25. The first-order valence-electron chi connectivity index (χ1n) is 10.6. The largest absolute Gasteiger partial charge is 0.573 e. The van der Waals surface area contributed by atoms with Crippen molar-refractivity contribution in [1.82, 2.24) is 0 Å². The van der Waals surface area contributed by atoms with Gasteiger partial charge in [0, 0.05) is 18.4 Å². The fourth-order valence-corrected chi connectivity index (χ4v) is 5.11. The number of nitrogens with one attached hydrogen (secondary N) is 2. The van der Waals surface area contributed by atoms with Gasteiger partial charge in [-0.05, 0) is 42.5 Å². The van der Waals surface area contributed by atoms with Crippen LogP contribution in [0.3, 0.4) is 0 Å². The van der Waals surface area contributed by atoms with Gasteiger partial charge in [0.25, 0.3) is 5.91 Å². The molecular weight excluding hydrogens is 477 g/mol. The van der Waals surface area contributed by atoms with E-state index in [9.17, 15) is 31.5 Å². The monoisotopic (exact) mass is 500 g/mol. The fraction of sp³-hybridized carbons (Fsp3) is 0.409. The van der Waals surface area contributed by atoms with Gasteiger partial charge in [-0.1, -0.05) is 12.8 Å². The van der Waals surface area contributed by atoms with Crippen LogP contribution in [0, 0.1) is 0 Å². The summed E-state index contributed by atoms with van der Waals surface area (Å²) in [6.45, 7) is -0.0886. The number of benzene rings is 2. The molecule has 1 aliphatic carbocycles. The summed E-state index contributed by atoms with van der Waals surface area (Å²) >= 11 is 0. The minimum atomic E-state index is -4.84. The molecule has 1 fully saturated rings. The van der Waals surface area contributed by atoms with Crippen LogP contribution in [0.15, 0.2) is 35.2 Å². The summed E-state index contributed by atoms with van der Waals surface area (Å²) in [5, 5.41) is 15.8. The van der Waals surface area contributed by atoms with Gasteiger partial charge in [0.15, 0.2) is 15.9 Å². The molecule has 184 valence electrons. The molecule has 1 heterocycles. The van der Waals surface area contributed by atoms with Crippen LogP contribution in [0.4, 0.5) is 24.5 Å². The van der Waals surface area contributed by atoms with Crippen molar-refractivity contribution in [2.75, 3.05) is 23.4 Å². The Morgan fingerprint density at radius 3 is 2.56 bits per heavy atom. The number of aromatic hydroxyl groups is 1. The van der Waals surface area contributed by atoms with Gasteiger partial charge in [-0.15, -0.1) is 13.2 Å². The molecule has 0 saturated heterocycles. The van der Waals surface area contributed by atoms with Crippen LogP contribution in [0.2, 0.25) is 0 Å². The topological polar surface area (TPSA) is 114 Å². The Morgan fingerprint density at radius 2 is 1.91 bits per heavy atom. The average Bonchev–Trinajstić information content (AvgIpc) is 3.26. The lowest BCUT2D eigenvalue weighted by molar-refractivity contribution is -0.274. The molecule has 1 amide bonds. The number of alkyl halides is 3. The Bertz CT molecular complexity index is 1210. The van der Waals surface area contributed by atoms with Gasteiger partial charge in [-0.2, -0.15) is 0 Å². The smallest absolute Gasteiger partial charge is 0.508 e. The second-order valence-corrected chi connectivity index (χ2v) is 10.3. The quantitative estimate of drug-likeness (QED) is 0.565. The van der Waals surface area contributed by atoms with Crippen LogP contribution in [0.25, 0.3) is 0 Å². The molecule has 8 nitrogen and oxygen atoms in total. The van der Waals surface area contributed by atoms with E-state index in [2.05, 4.69) is 15.4 Å². The van der Waals surface area contributed by atoms with Gasteiger partial charge >= 0.3 is 6.36 Å². The van der Waals surface area contributed by atoms with E-state index in [0.717, 1.165) is 44.1 Å². The summed E-state index contributed by atoms with van der Waals surface area (Å²) in [5.74, 6) is -1.05. The van der Waals surface area contributed by atoms with Gasteiger partial charge in [0.1, 0.15) is 17.2 Å². The lowest BCUT2D eigenvalue weighted by Crippen LogP contribution is -2.41. The molecule has 1 unspecified atom stereocenters. The number of phenolic OH excluding ortho intramolecular Hbond substituents is 1. The molecule has 12 heteroatoms. The second kappa shape index (κ2) is 8.90. The summed E-state index contributed by atoms with van der Waals surface area (Å²) in [5.41, 5.74) is 0.675. The van der Waals surface area contributed by atoms with Crippen molar-refractivity contribution in [3.05, 3.63) is 35.9 Å². The summed E-state index contributed by atoms with van der Waals surface area (Å²) in [7, 11) is -3.74. The van der Waals surface area contributed by atoms with E-state index in [1.54, 1.807) is 0 Å². The molecule has 0 aromatic heterocycles. The van der Waals surface area contributed by atoms with E-state index < -0.39 is 34.0 Å². The van der Waals surface area contributed by atoms with Crippen molar-refractivity contribution in [1.29, 1.82) is 0 Å². The number of rotatable bonds is 5. The highest BCUT2D eigenvalue weighted by Gasteiger charge is 2.33. The lowest BCUT2D eigenvalue weighted by Gasteiger charge is -2.27. The zero-order valence-corrected chi connectivity index (χ0v) is 18.9. The van der Waals surface area contributed by atoms with Crippen LogP contribution < -0.4 is 20.1 Å². The van der Waals surface area contributed by atoms with Gasteiger partial charge in [-0.3, -0.25) is 4.79 Å². The summed E-state index contributed by atoms with van der Waals surface area (Å²) in [6, 6.07) is 6.02. The number of halogens is 3. The summed E-state index contributed by atoms with van der Waals surface area (Å²) in [4.78, 5) is 12.7. The molecule has 1 atom stereocenters. The average molecular weight is 500 g/mol. The molecule has 34 heavy (non-hydrogen) atoms. The number of sulfone groups is 1. The molecule has 1 saturated carbocycles. The number of fused-ring (bicyclic) bond motifs is 1. The van der Waals surface area contributed by atoms with Gasteiger partial charge < -0.3 is 25.2 Å². The first kappa shape index (κ1) is 24.0. The van der Waals surface area contributed by atoms with Crippen molar-refractivity contribution >= 4 is 27.1 Å². The molecule has 4 rings (SSSR count). The van der Waals surface area contributed by atoms with Crippen molar-refractivity contribution in [2.24, 2.45) is 0 Å². The molecule has 0 bridgehead atoms. The molecule has 2 aromatic carbocycles. The number of phenols is 1. The number of amides is 1. The predicted octanol–water partition coefficient (Wildman–Crippen LogP) is 4.16. The van der Waals surface area contributed by atoms with E-state index in [-0.39, 0.29) is 40.2 Å². The van der Waals surface area contributed by atoms with Crippen LogP contribution in [0.1, 0.15) is 37.2 Å². The minimum absolute atomic E-state index is 0.0545. The normalized spacial score (nSPS) is 18.5. The number of carbonyl (C=O) groups is 1. The Hall–Kier alpha value is -3.15. The van der Waals surface area contributed by atoms with Crippen LogP contribution in [-0.2, 0) is 14.6 Å². The van der Waals surface area contributed by atoms with E-state index in [4.69, 9.17) is 4.74 Å². The number of carbonyl (C=O) groups excluding carboxylic acids is 1. The first-order valence-corrected chi connectivity index (χ1v) is 12.5. The Labute approximate surface area is 194 Å². The summed E-state index contributed by atoms with van der Waals surface area (Å²) < 4.78 is 71.5. The van der Waals surface area contributed by atoms with Crippen LogP contribution in [0.5, 0.6) is 17.2 Å². The molecule has 0 radical (unpaired) electrons. The Kier molecular flexibility index (Phi) is 6.28. The lowest BCUT2D eigenvalue weighted by atomic mass is 9.96. The molecule has 2 aliphatic rings. The minimum Gasteiger partial charge on any atom is -0.508 e. The SMILES string of the molecule is CS(=O)(=O)c1cc(C2CCCC2)c(O)cc1NC(=O)C1CNc2cc(OC(F)(F)F)ccc2O1. The van der Waals surface area contributed by atoms with Crippen molar-refractivity contribution in [2.45, 2.75) is 49.0 Å².